The van der Waals surface area contributed by atoms with Gasteiger partial charge in [0.2, 0.25) is 11.9 Å². The third-order valence-electron chi connectivity index (χ3n) is 7.54. The van der Waals surface area contributed by atoms with Crippen molar-refractivity contribution in [1.82, 2.24) is 19.4 Å². The highest BCUT2D eigenvalue weighted by atomic mass is 19.1. The van der Waals surface area contributed by atoms with Crippen LogP contribution in [-0.2, 0) is 14.3 Å². The predicted molar refractivity (Wildman–Crippen MR) is 168 cm³/mol. The number of ether oxygens (including phenoxy) is 1. The number of nitrogens with zero attached hydrogens (tertiary/aromatic N) is 5. The van der Waals surface area contributed by atoms with Gasteiger partial charge in [0.25, 0.3) is 0 Å². The Bertz CT molecular complexity index is 1630. The number of hydrogen-bond acceptors (Lipinski definition) is 7. The summed E-state index contributed by atoms with van der Waals surface area (Å²) in [7, 11) is 5.61. The van der Waals surface area contributed by atoms with E-state index in [1.54, 1.807) is 48.0 Å². The van der Waals surface area contributed by atoms with Crippen LogP contribution in [0.3, 0.4) is 0 Å². The van der Waals surface area contributed by atoms with Gasteiger partial charge in [-0.3, -0.25) is 14.2 Å². The van der Waals surface area contributed by atoms with Gasteiger partial charge in [-0.15, -0.1) is 0 Å². The first-order valence-electron chi connectivity index (χ1n) is 14.3. The fourth-order valence-electron chi connectivity index (χ4n) is 4.65. The molecule has 10 heteroatoms. The van der Waals surface area contributed by atoms with Crippen molar-refractivity contribution in [1.29, 1.82) is 0 Å². The van der Waals surface area contributed by atoms with E-state index in [4.69, 9.17) is 15.5 Å². The maximum atomic E-state index is 14.2. The predicted octanol–water partition coefficient (Wildman–Crippen LogP) is 5.42. The number of halogens is 1. The maximum Gasteiger partial charge on any atom is 0.325 e. The van der Waals surface area contributed by atoms with E-state index in [-0.39, 0.29) is 11.8 Å². The highest BCUT2D eigenvalue weighted by molar-refractivity contribution is 6.01. The molecule has 226 valence electrons. The van der Waals surface area contributed by atoms with Crippen LogP contribution >= 0.6 is 0 Å². The van der Waals surface area contributed by atoms with Crippen molar-refractivity contribution in [3.63, 3.8) is 0 Å². The molecular weight excluding hydrogens is 547 g/mol. The molecule has 4 rings (SSSR count). The molecule has 0 radical (unpaired) electrons. The van der Waals surface area contributed by atoms with Crippen LogP contribution in [0.2, 0.25) is 0 Å². The van der Waals surface area contributed by atoms with Crippen LogP contribution in [0.1, 0.15) is 33.4 Å². The van der Waals surface area contributed by atoms with Crippen molar-refractivity contribution >= 4 is 28.6 Å². The average Bonchev–Trinajstić information content (AvgIpc) is 3.38. The summed E-state index contributed by atoms with van der Waals surface area (Å²) in [5.41, 5.74) is 10.4. The number of carbonyl (C=O) groups is 2. The van der Waals surface area contributed by atoms with Crippen LogP contribution in [0.25, 0.3) is 33.3 Å². The summed E-state index contributed by atoms with van der Waals surface area (Å²) >= 11 is 0. The minimum Gasteiger partial charge on any atom is -0.440 e. The van der Waals surface area contributed by atoms with E-state index in [2.05, 4.69) is 4.98 Å². The van der Waals surface area contributed by atoms with Crippen LogP contribution in [0.5, 0.6) is 0 Å². The second-order valence-corrected chi connectivity index (χ2v) is 11.0. The first kappa shape index (κ1) is 31.5. The van der Waals surface area contributed by atoms with Gasteiger partial charge >= 0.3 is 5.97 Å². The van der Waals surface area contributed by atoms with E-state index < -0.39 is 24.2 Å². The molecule has 2 unspecified atom stereocenters. The van der Waals surface area contributed by atoms with Crippen molar-refractivity contribution in [2.45, 2.75) is 39.5 Å². The molecule has 2 N–H and O–H groups in total. The molecule has 4 aromatic rings. The molecule has 0 saturated heterocycles. The standard InChI is InChI=1S/C33H39FN6O3/c1-7-21(2)31(35)33(42)43-22(3)40-20-28(24-13-14-36-29(34)18-24)27-17-25(19-37-32(27)40)23-10-8-11-26(16-23)39(6)30(41)12-9-15-38(4)5/h8-14,16-22,31H,7,15,35H2,1-6H3/b12-9+/t21?,22-,31?/m0/s1. The maximum absolute atomic E-state index is 14.2. The molecule has 0 spiro atoms. The van der Waals surface area contributed by atoms with Gasteiger partial charge in [0.15, 0.2) is 6.23 Å². The summed E-state index contributed by atoms with van der Waals surface area (Å²) in [5, 5.41) is 0.735. The fraction of sp³-hybridized carbons (Fsp3) is 0.333. The molecule has 3 atom stereocenters. The summed E-state index contributed by atoms with van der Waals surface area (Å²) < 4.78 is 21.7. The number of carbonyl (C=O) groups excluding carboxylic acids is 2. The molecule has 43 heavy (non-hydrogen) atoms. The fourth-order valence-corrected chi connectivity index (χ4v) is 4.65. The van der Waals surface area contributed by atoms with Gasteiger partial charge in [-0.05, 0) is 62.3 Å². The summed E-state index contributed by atoms with van der Waals surface area (Å²) in [4.78, 5) is 37.5. The summed E-state index contributed by atoms with van der Waals surface area (Å²) in [6.45, 7) is 6.29. The largest absolute Gasteiger partial charge is 0.440 e. The first-order chi connectivity index (χ1) is 20.5. The number of pyridine rings is 2. The number of fused-ring (bicyclic) bond motifs is 1. The Morgan fingerprint density at radius 2 is 1.84 bits per heavy atom. The second kappa shape index (κ2) is 13.7. The van der Waals surface area contributed by atoms with Gasteiger partial charge in [-0.25, -0.2) is 9.97 Å². The molecule has 1 amide bonds. The average molecular weight is 587 g/mol. The van der Waals surface area contributed by atoms with E-state index in [1.165, 1.54) is 12.3 Å². The lowest BCUT2D eigenvalue weighted by molar-refractivity contribution is -0.155. The van der Waals surface area contributed by atoms with Gasteiger partial charge in [-0.1, -0.05) is 38.5 Å². The highest BCUT2D eigenvalue weighted by Gasteiger charge is 2.25. The third-order valence-corrected chi connectivity index (χ3v) is 7.54. The minimum atomic E-state index is -0.747. The van der Waals surface area contributed by atoms with Crippen molar-refractivity contribution in [2.75, 3.05) is 32.6 Å². The van der Waals surface area contributed by atoms with Crippen molar-refractivity contribution in [3.8, 4) is 22.3 Å². The SMILES string of the molecule is CCC(C)C(N)C(=O)O[C@@H](C)n1cc(-c2ccnc(F)c2)c2cc(-c3cccc(N(C)C(=O)/C=C/CN(C)C)c3)cnc21. The number of benzene rings is 1. The number of rotatable bonds is 11. The zero-order chi connectivity index (χ0) is 31.3. The number of esters is 1. The molecule has 0 aliphatic heterocycles. The van der Waals surface area contributed by atoms with Crippen molar-refractivity contribution in [3.05, 3.63) is 79.2 Å². The molecule has 0 saturated carbocycles. The molecule has 0 bridgehead atoms. The summed E-state index contributed by atoms with van der Waals surface area (Å²) in [6, 6.07) is 11.9. The number of amides is 1. The molecule has 0 aliphatic carbocycles. The van der Waals surface area contributed by atoms with Crippen molar-refractivity contribution < 1.29 is 18.7 Å². The van der Waals surface area contributed by atoms with Gasteiger partial charge in [0.1, 0.15) is 11.7 Å². The normalized spacial score (nSPS) is 13.8. The molecule has 1 aromatic carbocycles. The Morgan fingerprint density at radius 3 is 2.53 bits per heavy atom. The quantitative estimate of drug-likeness (QED) is 0.142. The summed E-state index contributed by atoms with van der Waals surface area (Å²) in [5.74, 6) is -1.27. The van der Waals surface area contributed by atoms with Gasteiger partial charge < -0.3 is 20.3 Å². The van der Waals surface area contributed by atoms with Crippen LogP contribution in [0.4, 0.5) is 10.1 Å². The zero-order valence-corrected chi connectivity index (χ0v) is 25.5. The number of nitrogens with two attached hydrogens (primary N) is 1. The number of anilines is 1. The van der Waals surface area contributed by atoms with Gasteiger partial charge in [-0.2, -0.15) is 4.39 Å². The zero-order valence-electron chi connectivity index (χ0n) is 25.5. The Morgan fingerprint density at radius 1 is 1.07 bits per heavy atom. The lowest BCUT2D eigenvalue weighted by Gasteiger charge is -2.21. The van der Waals surface area contributed by atoms with Gasteiger partial charge in [0.05, 0.1) is 0 Å². The highest BCUT2D eigenvalue weighted by Crippen LogP contribution is 2.35. The Balaban J connectivity index is 1.73. The number of likely N-dealkylation sites (N-methyl/N-ethyl adjacent to an activating group) is 2. The van der Waals surface area contributed by atoms with Crippen LogP contribution < -0.4 is 10.6 Å². The van der Waals surface area contributed by atoms with Crippen LogP contribution in [-0.4, -0.2) is 65.0 Å². The van der Waals surface area contributed by atoms with Gasteiger partial charge in [0, 0.05) is 66.5 Å². The Hall–Kier alpha value is -4.41. The molecule has 9 nitrogen and oxygen atoms in total. The van der Waals surface area contributed by atoms with E-state index in [0.717, 1.165) is 28.6 Å². The number of hydrogen-bond donors (Lipinski definition) is 1. The van der Waals surface area contributed by atoms with E-state index in [0.29, 0.717) is 23.3 Å². The molecule has 3 heterocycles. The lowest BCUT2D eigenvalue weighted by atomic mass is 10.0. The van der Waals surface area contributed by atoms with E-state index >= 15 is 0 Å². The van der Waals surface area contributed by atoms with Crippen LogP contribution in [0, 0.1) is 11.9 Å². The smallest absolute Gasteiger partial charge is 0.325 e. The molecule has 0 aliphatic rings. The first-order valence-corrected chi connectivity index (χ1v) is 14.3. The number of aromatic nitrogens is 3. The van der Waals surface area contributed by atoms with E-state index in [1.807, 2.05) is 69.3 Å². The van der Waals surface area contributed by atoms with Crippen molar-refractivity contribution in [2.24, 2.45) is 11.7 Å². The molecule has 0 fully saturated rings. The molecule has 3 aromatic heterocycles. The van der Waals surface area contributed by atoms with Crippen LogP contribution in [0.15, 0.2) is 73.2 Å². The topological polar surface area (TPSA) is 107 Å². The minimum absolute atomic E-state index is 0.0312. The Labute approximate surface area is 251 Å². The third kappa shape index (κ3) is 7.33. The lowest BCUT2D eigenvalue weighted by Crippen LogP contribution is -2.38. The van der Waals surface area contributed by atoms with E-state index in [9.17, 15) is 14.0 Å². The summed E-state index contributed by atoms with van der Waals surface area (Å²) in [6.07, 6.45) is 8.35. The molecular formula is C33H39FN6O3. The Kier molecular flexibility index (Phi) is 10.1. The second-order valence-electron chi connectivity index (χ2n) is 11.0. The monoisotopic (exact) mass is 586 g/mol.